The van der Waals surface area contributed by atoms with Gasteiger partial charge in [0.05, 0.1) is 30.0 Å². The van der Waals surface area contributed by atoms with Crippen LogP contribution < -0.4 is 5.56 Å². The fraction of sp³-hybridized carbons (Fsp3) is 0.136. The summed E-state index contributed by atoms with van der Waals surface area (Å²) in [6.45, 7) is 0.677. The van der Waals surface area contributed by atoms with E-state index in [4.69, 9.17) is 4.42 Å². The van der Waals surface area contributed by atoms with E-state index in [0.717, 1.165) is 5.56 Å². The second-order valence-corrected chi connectivity index (χ2v) is 6.51. The summed E-state index contributed by atoms with van der Waals surface area (Å²) in [4.78, 5) is 31.7. The molecule has 2 aromatic heterocycles. The largest absolute Gasteiger partial charge is 0.467 e. The molecule has 0 spiro atoms. The SMILES string of the molecule is O=C(Cn1cnc2ccccc2c1=O)N(Cc1ccccc1)Cc1ccco1. The Hall–Kier alpha value is -3.67. The van der Waals surface area contributed by atoms with Crippen molar-refractivity contribution in [2.24, 2.45) is 0 Å². The molecule has 0 fully saturated rings. The zero-order valence-electron chi connectivity index (χ0n) is 15.2. The highest BCUT2D eigenvalue weighted by Crippen LogP contribution is 2.12. The first-order chi connectivity index (χ1) is 13.7. The lowest BCUT2D eigenvalue weighted by molar-refractivity contribution is -0.133. The molecule has 0 aliphatic heterocycles. The molecule has 0 saturated heterocycles. The van der Waals surface area contributed by atoms with Crippen LogP contribution in [-0.2, 0) is 24.4 Å². The van der Waals surface area contributed by atoms with Gasteiger partial charge in [-0.25, -0.2) is 4.98 Å². The van der Waals surface area contributed by atoms with E-state index in [0.29, 0.717) is 29.8 Å². The van der Waals surface area contributed by atoms with Crippen molar-refractivity contribution in [1.82, 2.24) is 14.5 Å². The maximum absolute atomic E-state index is 13.0. The van der Waals surface area contributed by atoms with Crippen molar-refractivity contribution in [2.75, 3.05) is 0 Å². The number of benzene rings is 2. The van der Waals surface area contributed by atoms with E-state index in [9.17, 15) is 9.59 Å². The second kappa shape index (κ2) is 7.92. The molecule has 28 heavy (non-hydrogen) atoms. The molecule has 140 valence electrons. The van der Waals surface area contributed by atoms with Gasteiger partial charge in [-0.2, -0.15) is 0 Å². The van der Waals surface area contributed by atoms with Crippen LogP contribution in [0.2, 0.25) is 0 Å². The number of para-hydroxylation sites is 1. The lowest BCUT2D eigenvalue weighted by Crippen LogP contribution is -2.35. The third-order valence-electron chi connectivity index (χ3n) is 4.53. The molecule has 6 heteroatoms. The van der Waals surface area contributed by atoms with Crippen molar-refractivity contribution >= 4 is 16.8 Å². The highest BCUT2D eigenvalue weighted by Gasteiger charge is 2.17. The molecule has 2 heterocycles. The Labute approximate surface area is 161 Å². The van der Waals surface area contributed by atoms with E-state index in [1.54, 1.807) is 35.4 Å². The summed E-state index contributed by atoms with van der Waals surface area (Å²) in [5.41, 5.74) is 1.40. The monoisotopic (exact) mass is 373 g/mol. The average molecular weight is 373 g/mol. The van der Waals surface area contributed by atoms with E-state index >= 15 is 0 Å². The van der Waals surface area contributed by atoms with Crippen molar-refractivity contribution in [3.63, 3.8) is 0 Å². The number of amides is 1. The van der Waals surface area contributed by atoms with E-state index < -0.39 is 0 Å². The maximum Gasteiger partial charge on any atom is 0.261 e. The van der Waals surface area contributed by atoms with Crippen molar-refractivity contribution in [3.8, 4) is 0 Å². The van der Waals surface area contributed by atoms with Crippen LogP contribution in [-0.4, -0.2) is 20.4 Å². The summed E-state index contributed by atoms with van der Waals surface area (Å²) in [5.74, 6) is 0.507. The van der Waals surface area contributed by atoms with E-state index in [2.05, 4.69) is 4.98 Å². The first-order valence-corrected chi connectivity index (χ1v) is 8.99. The van der Waals surface area contributed by atoms with Gasteiger partial charge >= 0.3 is 0 Å². The molecule has 0 N–H and O–H groups in total. The second-order valence-electron chi connectivity index (χ2n) is 6.51. The van der Waals surface area contributed by atoms with Crippen LogP contribution in [0, 0.1) is 0 Å². The number of hydrogen-bond donors (Lipinski definition) is 0. The van der Waals surface area contributed by atoms with Crippen LogP contribution >= 0.6 is 0 Å². The predicted molar refractivity (Wildman–Crippen MR) is 105 cm³/mol. The minimum atomic E-state index is -0.225. The molecule has 1 amide bonds. The van der Waals surface area contributed by atoms with Crippen molar-refractivity contribution in [1.29, 1.82) is 0 Å². The van der Waals surface area contributed by atoms with Gasteiger partial charge in [-0.1, -0.05) is 42.5 Å². The molecular formula is C22H19N3O3. The van der Waals surface area contributed by atoms with Gasteiger partial charge in [0.1, 0.15) is 12.3 Å². The molecule has 0 saturated carbocycles. The van der Waals surface area contributed by atoms with Gasteiger partial charge in [0.15, 0.2) is 0 Å². The third-order valence-corrected chi connectivity index (χ3v) is 4.53. The standard InChI is InChI=1S/C22H19N3O3/c26-21(15-25-16-23-20-11-5-4-10-19(20)22(25)27)24(14-18-9-6-12-28-18)13-17-7-2-1-3-8-17/h1-12,16H,13-15H2. The van der Waals surface area contributed by atoms with Gasteiger partial charge < -0.3 is 9.32 Å². The van der Waals surface area contributed by atoms with Gasteiger partial charge in [-0.05, 0) is 29.8 Å². The van der Waals surface area contributed by atoms with Crippen molar-refractivity contribution in [3.05, 3.63) is 101 Å². The number of furan rings is 1. The summed E-state index contributed by atoms with van der Waals surface area (Å²) in [6.07, 6.45) is 3.01. The number of hydrogen-bond acceptors (Lipinski definition) is 4. The first-order valence-electron chi connectivity index (χ1n) is 8.99. The van der Waals surface area contributed by atoms with Gasteiger partial charge in [0.2, 0.25) is 5.91 Å². The number of nitrogens with zero attached hydrogens (tertiary/aromatic N) is 3. The summed E-state index contributed by atoms with van der Waals surface area (Å²) in [6, 6.07) is 20.5. The summed E-state index contributed by atoms with van der Waals surface area (Å²) >= 11 is 0. The van der Waals surface area contributed by atoms with Crippen LogP contribution in [0.3, 0.4) is 0 Å². The lowest BCUT2D eigenvalue weighted by atomic mass is 10.2. The minimum Gasteiger partial charge on any atom is -0.467 e. The maximum atomic E-state index is 13.0. The Bertz CT molecular complexity index is 1130. The fourth-order valence-electron chi connectivity index (χ4n) is 3.09. The molecule has 4 rings (SSSR count). The van der Waals surface area contributed by atoms with Crippen LogP contribution in [0.25, 0.3) is 10.9 Å². The molecule has 0 atom stereocenters. The normalized spacial score (nSPS) is 10.9. The zero-order chi connectivity index (χ0) is 19.3. The van der Waals surface area contributed by atoms with Gasteiger partial charge in [-0.3, -0.25) is 14.2 Å². The van der Waals surface area contributed by atoms with Crippen LogP contribution in [0.1, 0.15) is 11.3 Å². The molecule has 0 bridgehead atoms. The number of carbonyl (C=O) groups excluding carboxylic acids is 1. The molecule has 0 radical (unpaired) electrons. The zero-order valence-corrected chi connectivity index (χ0v) is 15.2. The summed E-state index contributed by atoms with van der Waals surface area (Å²) in [7, 11) is 0. The quantitative estimate of drug-likeness (QED) is 0.520. The van der Waals surface area contributed by atoms with E-state index in [-0.39, 0.29) is 18.0 Å². The molecule has 6 nitrogen and oxygen atoms in total. The van der Waals surface area contributed by atoms with Gasteiger partial charge in [-0.15, -0.1) is 0 Å². The lowest BCUT2D eigenvalue weighted by Gasteiger charge is -2.22. The van der Waals surface area contributed by atoms with Gasteiger partial charge in [0, 0.05) is 6.54 Å². The van der Waals surface area contributed by atoms with E-state index in [1.807, 2.05) is 42.5 Å². The third kappa shape index (κ3) is 3.86. The summed E-state index contributed by atoms with van der Waals surface area (Å²) < 4.78 is 6.76. The Kier molecular flexibility index (Phi) is 5.01. The Morgan fingerprint density at radius 1 is 0.964 bits per heavy atom. The Balaban J connectivity index is 1.60. The van der Waals surface area contributed by atoms with E-state index in [1.165, 1.54) is 10.9 Å². The molecule has 0 aliphatic carbocycles. The molecule has 0 unspecified atom stereocenters. The average Bonchev–Trinajstić information content (AvgIpc) is 3.24. The number of carbonyl (C=O) groups is 1. The first kappa shape index (κ1) is 17.7. The smallest absolute Gasteiger partial charge is 0.261 e. The number of aromatic nitrogens is 2. The number of rotatable bonds is 6. The number of fused-ring (bicyclic) bond motifs is 1. The van der Waals surface area contributed by atoms with Crippen LogP contribution in [0.4, 0.5) is 0 Å². The highest BCUT2D eigenvalue weighted by atomic mass is 16.3. The van der Waals surface area contributed by atoms with Crippen LogP contribution in [0.15, 0.2) is 88.5 Å². The molecule has 0 aliphatic rings. The topological polar surface area (TPSA) is 68.3 Å². The Morgan fingerprint density at radius 3 is 2.54 bits per heavy atom. The van der Waals surface area contributed by atoms with Crippen molar-refractivity contribution < 1.29 is 9.21 Å². The molecular weight excluding hydrogens is 354 g/mol. The molecule has 2 aromatic carbocycles. The fourth-order valence-corrected chi connectivity index (χ4v) is 3.09. The minimum absolute atomic E-state index is 0.0792. The van der Waals surface area contributed by atoms with Crippen LogP contribution in [0.5, 0.6) is 0 Å². The van der Waals surface area contributed by atoms with Crippen molar-refractivity contribution in [2.45, 2.75) is 19.6 Å². The highest BCUT2D eigenvalue weighted by molar-refractivity contribution is 5.79. The summed E-state index contributed by atoms with van der Waals surface area (Å²) in [5, 5.41) is 0.499. The Morgan fingerprint density at radius 2 is 1.75 bits per heavy atom. The van der Waals surface area contributed by atoms with Gasteiger partial charge in [0.25, 0.3) is 5.56 Å². The molecule has 4 aromatic rings. The predicted octanol–water partition coefficient (Wildman–Crippen LogP) is 3.22.